The SMILES string of the molecule is CCCCCCCC/C=C\CCCCCCCC(=O)OC[C@H](COP(=O)([O-])OCC[N+](C)(C)C)OC(=O)CCCCCCC/C=C\C=C\C(=O)CCCCC. The first-order valence-corrected chi connectivity index (χ1v) is 23.1. The molecule has 0 aromatic rings. The fraction of sp³-hybridized carbons (Fsp3) is 0.795. The zero-order valence-electron chi connectivity index (χ0n) is 35.6. The Morgan fingerprint density at radius 2 is 1.09 bits per heavy atom. The Hall–Kier alpha value is -2.10. The minimum atomic E-state index is -4.65. The van der Waals surface area contributed by atoms with E-state index in [1.165, 1.54) is 44.9 Å². The summed E-state index contributed by atoms with van der Waals surface area (Å²) in [4.78, 5) is 49.2. The van der Waals surface area contributed by atoms with Crippen molar-refractivity contribution in [2.75, 3.05) is 47.5 Å². The summed E-state index contributed by atoms with van der Waals surface area (Å²) in [6.45, 7) is 3.99. The van der Waals surface area contributed by atoms with E-state index in [-0.39, 0.29) is 31.8 Å². The highest BCUT2D eigenvalue weighted by molar-refractivity contribution is 7.45. The fourth-order valence-corrected chi connectivity index (χ4v) is 6.36. The lowest BCUT2D eigenvalue weighted by atomic mass is 10.1. The van der Waals surface area contributed by atoms with Crippen LogP contribution in [0, 0.1) is 0 Å². The van der Waals surface area contributed by atoms with Crippen LogP contribution in [0.2, 0.25) is 0 Å². The van der Waals surface area contributed by atoms with Crippen LogP contribution in [0.1, 0.15) is 174 Å². The quantitative estimate of drug-likeness (QED) is 0.0113. The second-order valence-electron chi connectivity index (χ2n) is 15.7. The molecule has 0 aromatic carbocycles. The van der Waals surface area contributed by atoms with Crippen LogP contribution in [-0.2, 0) is 37.5 Å². The maximum Gasteiger partial charge on any atom is 0.306 e. The zero-order valence-corrected chi connectivity index (χ0v) is 36.5. The van der Waals surface area contributed by atoms with Crippen molar-refractivity contribution >= 4 is 25.5 Å². The Kier molecular flexibility index (Phi) is 34.9. The van der Waals surface area contributed by atoms with E-state index in [0.717, 1.165) is 83.5 Å². The van der Waals surface area contributed by atoms with E-state index in [9.17, 15) is 23.8 Å². The summed E-state index contributed by atoms with van der Waals surface area (Å²) in [6.07, 6.45) is 35.8. The fourth-order valence-electron chi connectivity index (χ4n) is 5.63. The van der Waals surface area contributed by atoms with E-state index in [4.69, 9.17) is 18.5 Å². The van der Waals surface area contributed by atoms with Crippen molar-refractivity contribution in [1.29, 1.82) is 0 Å². The summed E-state index contributed by atoms with van der Waals surface area (Å²) < 4.78 is 33.8. The molecule has 0 bridgehead atoms. The molecule has 0 N–H and O–H groups in total. The molecule has 55 heavy (non-hydrogen) atoms. The number of phosphoric ester groups is 1. The van der Waals surface area contributed by atoms with Gasteiger partial charge in [-0.3, -0.25) is 18.9 Å². The van der Waals surface area contributed by atoms with Crippen LogP contribution in [0.25, 0.3) is 0 Å². The molecule has 11 heteroatoms. The Labute approximate surface area is 336 Å². The molecule has 2 atom stereocenters. The molecule has 0 saturated carbocycles. The Balaban J connectivity index is 4.45. The highest BCUT2D eigenvalue weighted by Gasteiger charge is 2.21. The Morgan fingerprint density at radius 1 is 0.600 bits per heavy atom. The predicted molar refractivity (Wildman–Crippen MR) is 222 cm³/mol. The van der Waals surface area contributed by atoms with E-state index < -0.39 is 32.5 Å². The van der Waals surface area contributed by atoms with Crippen LogP contribution in [-0.4, -0.2) is 75.8 Å². The van der Waals surface area contributed by atoms with Crippen molar-refractivity contribution in [3.63, 3.8) is 0 Å². The van der Waals surface area contributed by atoms with Gasteiger partial charge in [-0.2, -0.15) is 0 Å². The van der Waals surface area contributed by atoms with E-state index in [2.05, 4.69) is 32.1 Å². The number of quaternary nitrogens is 1. The summed E-state index contributed by atoms with van der Waals surface area (Å²) in [5.41, 5.74) is 0. The summed E-state index contributed by atoms with van der Waals surface area (Å²) in [5, 5.41) is 0. The second-order valence-corrected chi connectivity index (χ2v) is 17.1. The number of phosphoric acid groups is 1. The highest BCUT2D eigenvalue weighted by Crippen LogP contribution is 2.38. The maximum absolute atomic E-state index is 12.6. The third-order valence-corrected chi connectivity index (χ3v) is 10.1. The predicted octanol–water partition coefficient (Wildman–Crippen LogP) is 10.7. The highest BCUT2D eigenvalue weighted by atomic mass is 31.2. The molecule has 0 rings (SSSR count). The lowest BCUT2D eigenvalue weighted by Gasteiger charge is -2.28. The summed E-state index contributed by atoms with van der Waals surface area (Å²) in [5.74, 6) is -0.733. The van der Waals surface area contributed by atoms with E-state index in [1.807, 2.05) is 33.3 Å². The first-order valence-electron chi connectivity index (χ1n) is 21.6. The molecular formula is C44H80NO9P. The second kappa shape index (κ2) is 36.3. The van der Waals surface area contributed by atoms with Gasteiger partial charge in [0.1, 0.15) is 19.8 Å². The first kappa shape index (κ1) is 52.9. The number of carbonyl (C=O) groups excluding carboxylic acids is 3. The van der Waals surface area contributed by atoms with Gasteiger partial charge < -0.3 is 27.9 Å². The van der Waals surface area contributed by atoms with E-state index in [1.54, 1.807) is 6.08 Å². The van der Waals surface area contributed by atoms with Crippen molar-refractivity contribution < 1.29 is 46.8 Å². The number of allylic oxidation sites excluding steroid dienone is 6. The summed E-state index contributed by atoms with van der Waals surface area (Å²) >= 11 is 0. The molecule has 320 valence electrons. The average molecular weight is 798 g/mol. The number of rotatable bonds is 39. The van der Waals surface area contributed by atoms with Crippen molar-refractivity contribution in [2.24, 2.45) is 0 Å². The van der Waals surface area contributed by atoms with Crippen molar-refractivity contribution in [1.82, 2.24) is 0 Å². The molecule has 0 aliphatic heterocycles. The number of likely N-dealkylation sites (N-methyl/N-ethyl adjacent to an activating group) is 1. The number of hydrogen-bond acceptors (Lipinski definition) is 9. The summed E-state index contributed by atoms with van der Waals surface area (Å²) in [6, 6.07) is 0. The van der Waals surface area contributed by atoms with Gasteiger partial charge in [-0.15, -0.1) is 0 Å². The number of nitrogens with zero attached hydrogens (tertiary/aromatic N) is 1. The lowest BCUT2D eigenvalue weighted by molar-refractivity contribution is -0.870. The number of ketones is 1. The molecule has 0 aromatic heterocycles. The van der Waals surface area contributed by atoms with Gasteiger partial charge in [-0.05, 0) is 63.9 Å². The van der Waals surface area contributed by atoms with Crippen molar-refractivity contribution in [3.8, 4) is 0 Å². The Morgan fingerprint density at radius 3 is 1.67 bits per heavy atom. The van der Waals surface area contributed by atoms with Crippen molar-refractivity contribution in [2.45, 2.75) is 180 Å². The van der Waals surface area contributed by atoms with Gasteiger partial charge >= 0.3 is 11.9 Å². The third kappa shape index (κ3) is 39.9. The molecule has 0 amide bonds. The van der Waals surface area contributed by atoms with Crippen LogP contribution in [0.4, 0.5) is 0 Å². The summed E-state index contributed by atoms with van der Waals surface area (Å²) in [7, 11) is 1.10. The number of carbonyl (C=O) groups is 3. The smallest absolute Gasteiger partial charge is 0.306 e. The normalized spacial score (nSPS) is 13.9. The van der Waals surface area contributed by atoms with Gasteiger partial charge in [0.15, 0.2) is 11.9 Å². The minimum absolute atomic E-state index is 0.0484. The monoisotopic (exact) mass is 798 g/mol. The van der Waals surface area contributed by atoms with Crippen LogP contribution in [0.3, 0.4) is 0 Å². The first-order chi connectivity index (χ1) is 26.4. The number of unbranched alkanes of at least 4 members (excludes halogenated alkanes) is 18. The molecule has 0 aliphatic carbocycles. The third-order valence-electron chi connectivity index (χ3n) is 9.11. The molecule has 0 aliphatic rings. The molecule has 0 radical (unpaired) electrons. The van der Waals surface area contributed by atoms with Crippen LogP contribution >= 0.6 is 7.82 Å². The number of esters is 2. The van der Waals surface area contributed by atoms with Gasteiger partial charge in [-0.1, -0.05) is 128 Å². The Bertz CT molecular complexity index is 1100. The molecular weight excluding hydrogens is 717 g/mol. The van der Waals surface area contributed by atoms with E-state index >= 15 is 0 Å². The topological polar surface area (TPSA) is 128 Å². The standard InChI is InChI=1S/C44H80NO9P/c1-6-8-10-11-12-13-14-15-16-17-18-21-24-27-31-35-43(47)51-39-42(40-53-55(49,50)52-38-37-45(3,4)5)54-44(48)36-32-28-25-22-19-20-23-26-30-34-41(46)33-29-9-7-2/h15-16,23,26,30,34,42H,6-14,17-22,24-25,27-29,31-33,35-40H2,1-5H3/b16-15-,26-23-,34-30+/t42-/m1/s1. The minimum Gasteiger partial charge on any atom is -0.756 e. The van der Waals surface area contributed by atoms with E-state index in [0.29, 0.717) is 30.3 Å². The lowest BCUT2D eigenvalue weighted by Crippen LogP contribution is -2.37. The molecule has 0 fully saturated rings. The number of hydrogen-bond donors (Lipinski definition) is 0. The van der Waals surface area contributed by atoms with Crippen molar-refractivity contribution in [3.05, 3.63) is 36.5 Å². The van der Waals surface area contributed by atoms with Gasteiger partial charge in [0.25, 0.3) is 7.82 Å². The van der Waals surface area contributed by atoms with Crippen LogP contribution in [0.15, 0.2) is 36.5 Å². The van der Waals surface area contributed by atoms with Gasteiger partial charge in [0.05, 0.1) is 27.7 Å². The molecule has 0 heterocycles. The molecule has 1 unspecified atom stereocenters. The largest absolute Gasteiger partial charge is 0.756 e. The van der Waals surface area contributed by atoms with Gasteiger partial charge in [0, 0.05) is 19.3 Å². The molecule has 10 nitrogen and oxygen atoms in total. The van der Waals surface area contributed by atoms with Crippen LogP contribution < -0.4 is 4.89 Å². The average Bonchev–Trinajstić information content (AvgIpc) is 3.12. The van der Waals surface area contributed by atoms with Gasteiger partial charge in [-0.25, -0.2) is 0 Å². The molecule has 0 saturated heterocycles. The van der Waals surface area contributed by atoms with Gasteiger partial charge in [0.2, 0.25) is 0 Å². The van der Waals surface area contributed by atoms with Crippen LogP contribution in [0.5, 0.6) is 0 Å². The molecule has 0 spiro atoms. The number of ether oxygens (including phenoxy) is 2. The zero-order chi connectivity index (χ0) is 40.9. The maximum atomic E-state index is 12.6.